The Morgan fingerprint density at radius 1 is 1.46 bits per heavy atom. The van der Waals surface area contributed by atoms with E-state index in [9.17, 15) is 9.18 Å². The fraction of sp³-hybridized carbons (Fsp3) is 0.100. The highest BCUT2D eigenvalue weighted by Gasteiger charge is 2.03. The van der Waals surface area contributed by atoms with Crippen LogP contribution in [-0.2, 0) is 0 Å². The minimum atomic E-state index is -0.508. The van der Waals surface area contributed by atoms with Gasteiger partial charge < -0.3 is 0 Å². The molecule has 0 bridgehead atoms. The molecule has 0 amide bonds. The van der Waals surface area contributed by atoms with E-state index < -0.39 is 5.82 Å². The van der Waals surface area contributed by atoms with Gasteiger partial charge in [-0.3, -0.25) is 4.79 Å². The second-order valence-electron chi connectivity index (χ2n) is 2.42. The second kappa shape index (κ2) is 4.77. The van der Waals surface area contributed by atoms with Crippen molar-refractivity contribution in [1.29, 1.82) is 0 Å². The Hall–Kier alpha value is -1.15. The number of halogens is 2. The monoisotopic (exact) mass is 198 g/mol. The molecule has 1 rings (SSSR count). The van der Waals surface area contributed by atoms with Gasteiger partial charge in [-0.05, 0) is 11.6 Å². The molecular formula is C10H8ClFO. The number of alkyl halides is 1. The molecule has 0 aliphatic heterocycles. The lowest BCUT2D eigenvalue weighted by atomic mass is 10.1. The van der Waals surface area contributed by atoms with Gasteiger partial charge in [0.2, 0.25) is 0 Å². The SMILES string of the molecule is O=Cc1c(F)cccc1C=CCCl. The quantitative estimate of drug-likeness (QED) is 0.539. The highest BCUT2D eigenvalue weighted by molar-refractivity contribution is 6.19. The van der Waals surface area contributed by atoms with E-state index in [0.717, 1.165) is 0 Å². The van der Waals surface area contributed by atoms with Crippen molar-refractivity contribution in [2.75, 3.05) is 5.88 Å². The van der Waals surface area contributed by atoms with Gasteiger partial charge in [0, 0.05) is 5.88 Å². The molecule has 0 unspecified atom stereocenters. The van der Waals surface area contributed by atoms with Crippen LogP contribution < -0.4 is 0 Å². The Morgan fingerprint density at radius 2 is 2.23 bits per heavy atom. The van der Waals surface area contributed by atoms with Gasteiger partial charge in [0.25, 0.3) is 0 Å². The maximum Gasteiger partial charge on any atom is 0.153 e. The van der Waals surface area contributed by atoms with Crippen LogP contribution in [0.2, 0.25) is 0 Å². The van der Waals surface area contributed by atoms with Crippen molar-refractivity contribution in [2.24, 2.45) is 0 Å². The van der Waals surface area contributed by atoms with E-state index in [2.05, 4.69) is 0 Å². The van der Waals surface area contributed by atoms with Crippen molar-refractivity contribution >= 4 is 24.0 Å². The minimum absolute atomic E-state index is 0.0730. The Labute approximate surface area is 80.8 Å². The third-order valence-corrected chi connectivity index (χ3v) is 1.77. The molecule has 0 spiro atoms. The summed E-state index contributed by atoms with van der Waals surface area (Å²) in [7, 11) is 0. The predicted octanol–water partition coefficient (Wildman–Crippen LogP) is 2.89. The first-order valence-corrected chi connectivity index (χ1v) is 4.29. The topological polar surface area (TPSA) is 17.1 Å². The van der Waals surface area contributed by atoms with Crippen LogP contribution in [0.1, 0.15) is 15.9 Å². The number of carbonyl (C=O) groups is 1. The molecule has 0 aromatic heterocycles. The van der Waals surface area contributed by atoms with E-state index >= 15 is 0 Å². The molecule has 0 saturated carbocycles. The van der Waals surface area contributed by atoms with E-state index in [0.29, 0.717) is 17.7 Å². The van der Waals surface area contributed by atoms with Crippen LogP contribution in [0.5, 0.6) is 0 Å². The smallest absolute Gasteiger partial charge is 0.153 e. The Kier molecular flexibility index (Phi) is 3.65. The van der Waals surface area contributed by atoms with Crippen LogP contribution in [-0.4, -0.2) is 12.2 Å². The van der Waals surface area contributed by atoms with E-state index in [1.165, 1.54) is 6.07 Å². The summed E-state index contributed by atoms with van der Waals surface area (Å²) in [6, 6.07) is 4.47. The molecule has 0 heterocycles. The number of hydrogen-bond donors (Lipinski definition) is 0. The van der Waals surface area contributed by atoms with E-state index in [4.69, 9.17) is 11.6 Å². The molecule has 0 saturated heterocycles. The summed E-state index contributed by atoms with van der Waals surface area (Å²) < 4.78 is 13.0. The zero-order valence-corrected chi connectivity index (χ0v) is 7.59. The number of carbonyl (C=O) groups excluding carboxylic acids is 1. The average Bonchev–Trinajstić information content (AvgIpc) is 2.15. The maximum absolute atomic E-state index is 13.0. The van der Waals surface area contributed by atoms with Gasteiger partial charge in [-0.15, -0.1) is 11.6 Å². The van der Waals surface area contributed by atoms with Gasteiger partial charge in [0.15, 0.2) is 6.29 Å². The lowest BCUT2D eigenvalue weighted by Gasteiger charge is -1.98. The van der Waals surface area contributed by atoms with E-state index in [1.807, 2.05) is 0 Å². The van der Waals surface area contributed by atoms with Gasteiger partial charge in [-0.1, -0.05) is 24.3 Å². The van der Waals surface area contributed by atoms with Crippen LogP contribution >= 0.6 is 11.6 Å². The molecule has 1 aromatic rings. The first kappa shape index (κ1) is 9.93. The van der Waals surface area contributed by atoms with Gasteiger partial charge in [0.05, 0.1) is 5.56 Å². The zero-order valence-electron chi connectivity index (χ0n) is 6.84. The third kappa shape index (κ3) is 2.39. The molecule has 0 N–H and O–H groups in total. The van der Waals surface area contributed by atoms with Crippen LogP contribution in [0.15, 0.2) is 24.3 Å². The molecule has 0 aliphatic rings. The summed E-state index contributed by atoms with van der Waals surface area (Å²) >= 11 is 5.42. The van der Waals surface area contributed by atoms with Crippen LogP contribution in [0, 0.1) is 5.82 Å². The zero-order chi connectivity index (χ0) is 9.68. The number of rotatable bonds is 3. The third-order valence-electron chi connectivity index (χ3n) is 1.59. The number of benzene rings is 1. The molecule has 0 aliphatic carbocycles. The average molecular weight is 199 g/mol. The summed E-state index contributed by atoms with van der Waals surface area (Å²) in [4.78, 5) is 10.5. The molecular weight excluding hydrogens is 191 g/mol. The molecule has 0 radical (unpaired) electrons. The summed E-state index contributed by atoms with van der Waals surface area (Å²) in [5, 5.41) is 0. The van der Waals surface area contributed by atoms with Gasteiger partial charge >= 0.3 is 0 Å². The first-order chi connectivity index (χ1) is 6.29. The van der Waals surface area contributed by atoms with Crippen molar-refractivity contribution in [3.63, 3.8) is 0 Å². The largest absolute Gasteiger partial charge is 0.298 e. The molecule has 0 fully saturated rings. The summed E-state index contributed by atoms with van der Waals surface area (Å²) in [6.07, 6.45) is 3.78. The molecule has 0 atom stereocenters. The maximum atomic E-state index is 13.0. The number of aldehydes is 1. The number of hydrogen-bond acceptors (Lipinski definition) is 1. The Bertz CT molecular complexity index is 334. The Morgan fingerprint density at radius 3 is 2.85 bits per heavy atom. The fourth-order valence-electron chi connectivity index (χ4n) is 0.995. The van der Waals surface area contributed by atoms with Crippen LogP contribution in [0.25, 0.3) is 6.08 Å². The van der Waals surface area contributed by atoms with Crippen molar-refractivity contribution in [3.8, 4) is 0 Å². The van der Waals surface area contributed by atoms with E-state index in [-0.39, 0.29) is 5.56 Å². The lowest BCUT2D eigenvalue weighted by molar-refractivity contribution is 0.111. The normalized spacial score (nSPS) is 10.6. The highest BCUT2D eigenvalue weighted by Crippen LogP contribution is 2.12. The van der Waals surface area contributed by atoms with Crippen LogP contribution in [0.4, 0.5) is 4.39 Å². The molecule has 3 heteroatoms. The standard InChI is InChI=1S/C10H8ClFO/c11-6-2-4-8-3-1-5-10(12)9(8)7-13/h1-5,7H,6H2. The van der Waals surface area contributed by atoms with Crippen molar-refractivity contribution in [1.82, 2.24) is 0 Å². The molecule has 68 valence electrons. The van der Waals surface area contributed by atoms with E-state index in [1.54, 1.807) is 24.3 Å². The lowest BCUT2D eigenvalue weighted by Crippen LogP contribution is -1.91. The van der Waals surface area contributed by atoms with Crippen molar-refractivity contribution in [2.45, 2.75) is 0 Å². The Balaban J connectivity index is 3.12. The van der Waals surface area contributed by atoms with Crippen molar-refractivity contribution in [3.05, 3.63) is 41.2 Å². The molecule has 13 heavy (non-hydrogen) atoms. The molecule has 1 aromatic carbocycles. The summed E-state index contributed by atoms with van der Waals surface area (Å²) in [5.74, 6) is -0.166. The minimum Gasteiger partial charge on any atom is -0.298 e. The molecule has 1 nitrogen and oxygen atoms in total. The van der Waals surface area contributed by atoms with Gasteiger partial charge in [-0.2, -0.15) is 0 Å². The fourth-order valence-corrected chi connectivity index (χ4v) is 1.08. The highest BCUT2D eigenvalue weighted by atomic mass is 35.5. The van der Waals surface area contributed by atoms with Gasteiger partial charge in [0.1, 0.15) is 5.82 Å². The predicted molar refractivity (Wildman–Crippen MR) is 51.5 cm³/mol. The second-order valence-corrected chi connectivity index (χ2v) is 2.73. The van der Waals surface area contributed by atoms with Crippen LogP contribution in [0.3, 0.4) is 0 Å². The number of allylic oxidation sites excluding steroid dienone is 1. The van der Waals surface area contributed by atoms with Gasteiger partial charge in [-0.25, -0.2) is 4.39 Å². The summed E-state index contributed by atoms with van der Waals surface area (Å²) in [6.45, 7) is 0. The summed E-state index contributed by atoms with van der Waals surface area (Å²) in [5.41, 5.74) is 0.625. The first-order valence-electron chi connectivity index (χ1n) is 3.75. The van der Waals surface area contributed by atoms with Crippen molar-refractivity contribution < 1.29 is 9.18 Å².